The lowest BCUT2D eigenvalue weighted by atomic mass is 9.94. The van der Waals surface area contributed by atoms with Crippen molar-refractivity contribution in [2.45, 2.75) is 56.8 Å². The van der Waals surface area contributed by atoms with Gasteiger partial charge in [0.05, 0.1) is 5.41 Å². The smallest absolute Gasteiger partial charge is 0.406 e. The van der Waals surface area contributed by atoms with Gasteiger partial charge in [-0.2, -0.15) is 0 Å². The van der Waals surface area contributed by atoms with E-state index in [-0.39, 0.29) is 17.6 Å². The molecule has 0 radical (unpaired) electrons. The predicted octanol–water partition coefficient (Wildman–Crippen LogP) is 5.37. The lowest BCUT2D eigenvalue weighted by Gasteiger charge is -2.27. The highest BCUT2D eigenvalue weighted by Gasteiger charge is 2.52. The van der Waals surface area contributed by atoms with Gasteiger partial charge >= 0.3 is 6.36 Å². The molecule has 2 aliphatic rings. The number of rotatable bonds is 8. The van der Waals surface area contributed by atoms with Crippen molar-refractivity contribution in [3.63, 3.8) is 0 Å². The summed E-state index contributed by atoms with van der Waals surface area (Å²) >= 11 is 3.41. The Morgan fingerprint density at radius 3 is 2.34 bits per heavy atom. The van der Waals surface area contributed by atoms with Crippen LogP contribution in [0.1, 0.15) is 43.7 Å². The number of nitrogens with one attached hydrogen (secondary N) is 1. The number of ether oxygens (including phenoxy) is 1. The van der Waals surface area contributed by atoms with Crippen LogP contribution in [0.5, 0.6) is 5.75 Å². The van der Waals surface area contributed by atoms with Crippen LogP contribution in [0.15, 0.2) is 53.0 Å². The Morgan fingerprint density at radius 2 is 1.80 bits per heavy atom. The summed E-state index contributed by atoms with van der Waals surface area (Å²) in [4.78, 5) is 28.7. The average Bonchev–Trinajstić information content (AvgIpc) is 3.49. The molecule has 2 fully saturated rings. The summed E-state index contributed by atoms with van der Waals surface area (Å²) in [5.74, 6) is -0.235. The van der Waals surface area contributed by atoms with E-state index in [1.54, 1.807) is 0 Å². The Balaban J connectivity index is 1.51. The minimum Gasteiger partial charge on any atom is -0.406 e. The van der Waals surface area contributed by atoms with Crippen LogP contribution in [0.25, 0.3) is 0 Å². The van der Waals surface area contributed by atoms with Crippen LogP contribution in [0.3, 0.4) is 0 Å². The molecule has 1 saturated heterocycles. The third-order valence-electron chi connectivity index (χ3n) is 6.96. The van der Waals surface area contributed by atoms with Gasteiger partial charge in [-0.1, -0.05) is 53.5 Å². The number of benzene rings is 2. The third-order valence-corrected chi connectivity index (χ3v) is 7.49. The molecule has 0 aromatic heterocycles. The summed E-state index contributed by atoms with van der Waals surface area (Å²) < 4.78 is 42.3. The summed E-state index contributed by atoms with van der Waals surface area (Å²) in [6.07, 6.45) is -1.32. The number of hydrogen-bond acceptors (Lipinski definition) is 3. The Morgan fingerprint density at radius 1 is 1.14 bits per heavy atom. The highest BCUT2D eigenvalue weighted by Crippen LogP contribution is 2.49. The lowest BCUT2D eigenvalue weighted by molar-refractivity contribution is -0.274. The lowest BCUT2D eigenvalue weighted by Crippen LogP contribution is -2.51. The van der Waals surface area contributed by atoms with Gasteiger partial charge in [0.15, 0.2) is 0 Å². The molecule has 2 unspecified atom stereocenters. The fourth-order valence-electron chi connectivity index (χ4n) is 4.69. The maximum absolute atomic E-state index is 13.5. The second-order valence-electron chi connectivity index (χ2n) is 9.36. The molecule has 0 bridgehead atoms. The van der Waals surface area contributed by atoms with Gasteiger partial charge in [-0.15, -0.1) is 13.2 Å². The molecule has 1 aliphatic heterocycles. The zero-order valence-corrected chi connectivity index (χ0v) is 21.0. The van der Waals surface area contributed by atoms with Crippen molar-refractivity contribution in [1.82, 2.24) is 10.2 Å². The van der Waals surface area contributed by atoms with Crippen LogP contribution in [-0.2, 0) is 21.4 Å². The third kappa shape index (κ3) is 6.18. The van der Waals surface area contributed by atoms with E-state index in [0.29, 0.717) is 43.8 Å². The molecule has 1 aliphatic carbocycles. The van der Waals surface area contributed by atoms with Crippen LogP contribution < -0.4 is 10.1 Å². The number of amides is 2. The van der Waals surface area contributed by atoms with Crippen LogP contribution in [-0.4, -0.2) is 42.2 Å². The van der Waals surface area contributed by atoms with Gasteiger partial charge in [0, 0.05) is 24.0 Å². The normalized spacial score (nSPS) is 19.8. The number of likely N-dealkylation sites (tertiary alicyclic amines) is 1. The van der Waals surface area contributed by atoms with Gasteiger partial charge in [-0.25, -0.2) is 0 Å². The first-order valence-corrected chi connectivity index (χ1v) is 12.6. The summed E-state index contributed by atoms with van der Waals surface area (Å²) in [5, 5.41) is 2.99. The van der Waals surface area contributed by atoms with Crippen LogP contribution in [0.2, 0.25) is 0 Å². The molecule has 1 heterocycles. The van der Waals surface area contributed by atoms with Crippen molar-refractivity contribution < 1.29 is 27.5 Å². The Bertz CT molecular complexity index is 1050. The molecule has 2 amide bonds. The monoisotopic (exact) mass is 552 g/mol. The van der Waals surface area contributed by atoms with Crippen molar-refractivity contribution in [2.24, 2.45) is 5.92 Å². The molecule has 5 nitrogen and oxygen atoms in total. The number of alkyl halides is 3. The van der Waals surface area contributed by atoms with E-state index in [1.165, 1.54) is 24.3 Å². The number of hydrogen-bond donors (Lipinski definition) is 1. The van der Waals surface area contributed by atoms with Crippen LogP contribution in [0, 0.1) is 5.92 Å². The summed E-state index contributed by atoms with van der Waals surface area (Å²) in [6, 6.07) is 12.3. The Kier molecular flexibility index (Phi) is 7.45. The molecule has 188 valence electrons. The van der Waals surface area contributed by atoms with E-state index >= 15 is 0 Å². The molecular formula is C26H28BrF3N2O3. The van der Waals surface area contributed by atoms with Crippen molar-refractivity contribution >= 4 is 27.7 Å². The number of carbonyl (C=O) groups excluding carboxylic acids is 2. The van der Waals surface area contributed by atoms with Crippen LogP contribution in [0.4, 0.5) is 13.2 Å². The topological polar surface area (TPSA) is 58.6 Å². The molecule has 35 heavy (non-hydrogen) atoms. The van der Waals surface area contributed by atoms with Crippen molar-refractivity contribution in [2.75, 3.05) is 13.1 Å². The van der Waals surface area contributed by atoms with Crippen LogP contribution >= 0.6 is 15.9 Å². The first kappa shape index (κ1) is 25.5. The Labute approximate surface area is 211 Å². The molecule has 2 atom stereocenters. The molecule has 1 saturated carbocycles. The van der Waals surface area contributed by atoms with Crippen molar-refractivity contribution in [3.05, 3.63) is 64.1 Å². The molecule has 2 aromatic carbocycles. The number of halogens is 4. The van der Waals surface area contributed by atoms with Gasteiger partial charge < -0.3 is 15.0 Å². The first-order chi connectivity index (χ1) is 16.6. The minimum absolute atomic E-state index is 0.0954. The molecule has 0 spiro atoms. The zero-order valence-electron chi connectivity index (χ0n) is 19.4. The molecule has 1 N–H and O–H groups in total. The summed E-state index contributed by atoms with van der Waals surface area (Å²) in [6.45, 7) is 3.48. The fraction of sp³-hybridized carbons (Fsp3) is 0.462. The van der Waals surface area contributed by atoms with Gasteiger partial charge in [-0.3, -0.25) is 9.59 Å². The Hall–Kier alpha value is -2.55. The fourth-order valence-corrected chi connectivity index (χ4v) is 4.95. The average molecular weight is 553 g/mol. The number of carbonyl (C=O) groups is 2. The SMILES string of the molecule is CCC1CCN(C(=O)C(Cc2ccc(Br)cc2)NC(=O)C2(c3ccc(OC(F)(F)F)cc3)CC2)C1. The number of nitrogens with zero attached hydrogens (tertiary/aromatic N) is 1. The maximum atomic E-state index is 13.5. The molecular weight excluding hydrogens is 525 g/mol. The highest BCUT2D eigenvalue weighted by atomic mass is 79.9. The van der Waals surface area contributed by atoms with Gasteiger partial charge in [-0.05, 0) is 60.6 Å². The van der Waals surface area contributed by atoms with E-state index < -0.39 is 17.8 Å². The second-order valence-corrected chi connectivity index (χ2v) is 10.3. The van der Waals surface area contributed by atoms with E-state index in [4.69, 9.17) is 0 Å². The maximum Gasteiger partial charge on any atom is 0.573 e. The van der Waals surface area contributed by atoms with Crippen molar-refractivity contribution in [3.8, 4) is 5.75 Å². The van der Waals surface area contributed by atoms with E-state index in [0.717, 1.165) is 22.9 Å². The largest absolute Gasteiger partial charge is 0.573 e. The van der Waals surface area contributed by atoms with Gasteiger partial charge in [0.25, 0.3) is 0 Å². The van der Waals surface area contributed by atoms with Gasteiger partial charge in [0.1, 0.15) is 11.8 Å². The van der Waals surface area contributed by atoms with Crippen molar-refractivity contribution in [1.29, 1.82) is 0 Å². The van der Waals surface area contributed by atoms with Gasteiger partial charge in [0.2, 0.25) is 11.8 Å². The predicted molar refractivity (Wildman–Crippen MR) is 129 cm³/mol. The summed E-state index contributed by atoms with van der Waals surface area (Å²) in [7, 11) is 0. The minimum atomic E-state index is -4.77. The molecule has 4 rings (SSSR count). The van der Waals surface area contributed by atoms with E-state index in [1.807, 2.05) is 29.2 Å². The standard InChI is InChI=1S/C26H28BrF3N2O3/c1-2-17-11-14-32(16-17)23(33)22(15-18-3-7-20(27)8-4-18)31-24(34)25(12-13-25)19-5-9-21(10-6-19)35-26(28,29)30/h3-10,17,22H,2,11-16H2,1H3,(H,31,34). The summed E-state index contributed by atoms with van der Waals surface area (Å²) in [5.41, 5.74) is 0.703. The zero-order chi connectivity index (χ0) is 25.2. The molecule has 2 aromatic rings. The first-order valence-electron chi connectivity index (χ1n) is 11.8. The van der Waals surface area contributed by atoms with E-state index in [2.05, 4.69) is 32.9 Å². The highest BCUT2D eigenvalue weighted by molar-refractivity contribution is 9.10. The second kappa shape index (κ2) is 10.2. The molecule has 9 heteroatoms. The van der Waals surface area contributed by atoms with E-state index in [9.17, 15) is 22.8 Å². The quantitative estimate of drug-likeness (QED) is 0.479.